The molecule has 2 aromatic heterocycles. The molecule has 1 aromatic carbocycles. The Kier molecular flexibility index (Phi) is 3.14. The first-order valence-corrected chi connectivity index (χ1v) is 6.19. The standard InChI is InChI=1S/C14H14N6/c1-10-7-13(18-14(17-10)19-15)20-9-12(8-16-20)11-5-3-2-4-6-11/h2-9H,15H2,1H3,(H,17,18,19). The molecule has 0 fully saturated rings. The van der Waals surface area contributed by atoms with Crippen LogP contribution in [0, 0.1) is 6.92 Å². The first-order valence-electron chi connectivity index (χ1n) is 6.19. The van der Waals surface area contributed by atoms with Crippen molar-refractivity contribution in [3.63, 3.8) is 0 Å². The third-order valence-corrected chi connectivity index (χ3v) is 2.89. The number of benzene rings is 1. The van der Waals surface area contributed by atoms with Crippen LogP contribution in [0.3, 0.4) is 0 Å². The Labute approximate surface area is 116 Å². The molecule has 6 nitrogen and oxygen atoms in total. The van der Waals surface area contributed by atoms with E-state index in [2.05, 4.69) is 20.5 Å². The van der Waals surface area contributed by atoms with Crippen molar-refractivity contribution in [2.75, 3.05) is 5.43 Å². The first-order chi connectivity index (χ1) is 9.76. The predicted octanol–water partition coefficient (Wildman–Crippen LogP) is 1.92. The summed E-state index contributed by atoms with van der Waals surface area (Å²) in [6, 6.07) is 11.9. The number of nitrogens with two attached hydrogens (primary N) is 1. The van der Waals surface area contributed by atoms with Crippen LogP contribution in [0.4, 0.5) is 5.95 Å². The molecule has 6 heteroatoms. The van der Waals surface area contributed by atoms with Gasteiger partial charge in [0, 0.05) is 23.5 Å². The maximum absolute atomic E-state index is 5.36. The predicted molar refractivity (Wildman–Crippen MR) is 77.1 cm³/mol. The van der Waals surface area contributed by atoms with E-state index in [1.54, 1.807) is 4.68 Å². The van der Waals surface area contributed by atoms with E-state index in [1.165, 1.54) is 0 Å². The van der Waals surface area contributed by atoms with Crippen LogP contribution in [-0.2, 0) is 0 Å². The van der Waals surface area contributed by atoms with Crippen LogP contribution in [0.5, 0.6) is 0 Å². The molecule has 3 rings (SSSR count). The van der Waals surface area contributed by atoms with E-state index in [4.69, 9.17) is 5.84 Å². The van der Waals surface area contributed by atoms with Gasteiger partial charge in [-0.1, -0.05) is 30.3 Å². The number of hydrazine groups is 1. The summed E-state index contributed by atoms with van der Waals surface area (Å²) >= 11 is 0. The molecule has 0 bridgehead atoms. The molecular weight excluding hydrogens is 252 g/mol. The zero-order valence-corrected chi connectivity index (χ0v) is 11.0. The molecule has 0 aliphatic rings. The Bertz CT molecular complexity index is 720. The zero-order chi connectivity index (χ0) is 13.9. The van der Waals surface area contributed by atoms with Crippen molar-refractivity contribution in [2.45, 2.75) is 6.92 Å². The van der Waals surface area contributed by atoms with Gasteiger partial charge in [-0.15, -0.1) is 0 Å². The average molecular weight is 266 g/mol. The lowest BCUT2D eigenvalue weighted by Gasteiger charge is -2.04. The van der Waals surface area contributed by atoms with E-state index in [1.807, 2.05) is 55.7 Å². The van der Waals surface area contributed by atoms with Crippen LogP contribution in [0.2, 0.25) is 0 Å². The molecule has 20 heavy (non-hydrogen) atoms. The topological polar surface area (TPSA) is 81.7 Å². The summed E-state index contributed by atoms with van der Waals surface area (Å²) in [7, 11) is 0. The van der Waals surface area contributed by atoms with Crippen LogP contribution in [0.15, 0.2) is 48.8 Å². The molecule has 0 saturated heterocycles. The average Bonchev–Trinajstić information content (AvgIpc) is 2.97. The van der Waals surface area contributed by atoms with Gasteiger partial charge in [-0.3, -0.25) is 5.43 Å². The maximum atomic E-state index is 5.36. The largest absolute Gasteiger partial charge is 0.292 e. The van der Waals surface area contributed by atoms with Gasteiger partial charge in [-0.05, 0) is 12.5 Å². The van der Waals surface area contributed by atoms with Gasteiger partial charge >= 0.3 is 0 Å². The summed E-state index contributed by atoms with van der Waals surface area (Å²) < 4.78 is 1.71. The molecule has 0 aliphatic heterocycles. The number of hydrogen-bond donors (Lipinski definition) is 2. The van der Waals surface area contributed by atoms with Crippen molar-refractivity contribution in [1.82, 2.24) is 19.7 Å². The van der Waals surface area contributed by atoms with Crippen LogP contribution in [0.25, 0.3) is 16.9 Å². The van der Waals surface area contributed by atoms with Gasteiger partial charge < -0.3 is 0 Å². The third kappa shape index (κ3) is 2.36. The molecule has 3 N–H and O–H groups in total. The number of nitrogens with zero attached hydrogens (tertiary/aromatic N) is 4. The van der Waals surface area contributed by atoms with Gasteiger partial charge in [-0.2, -0.15) is 10.1 Å². The fourth-order valence-corrected chi connectivity index (χ4v) is 1.96. The number of nitrogen functional groups attached to an aromatic ring is 1. The normalized spacial score (nSPS) is 10.5. The van der Waals surface area contributed by atoms with Crippen molar-refractivity contribution in [1.29, 1.82) is 0 Å². The minimum atomic E-state index is 0.372. The van der Waals surface area contributed by atoms with Gasteiger partial charge in [0.05, 0.1) is 6.20 Å². The monoisotopic (exact) mass is 266 g/mol. The molecule has 2 heterocycles. The molecule has 0 aliphatic carbocycles. The van der Waals surface area contributed by atoms with Crippen molar-refractivity contribution < 1.29 is 0 Å². The molecule has 0 spiro atoms. The molecular formula is C14H14N6. The lowest BCUT2D eigenvalue weighted by atomic mass is 10.1. The molecule has 3 aromatic rings. The van der Waals surface area contributed by atoms with Gasteiger partial charge in [0.2, 0.25) is 5.95 Å². The van der Waals surface area contributed by atoms with Gasteiger partial charge in [0.15, 0.2) is 5.82 Å². The highest BCUT2D eigenvalue weighted by Crippen LogP contribution is 2.19. The van der Waals surface area contributed by atoms with Crippen molar-refractivity contribution in [3.8, 4) is 16.9 Å². The number of aromatic nitrogens is 4. The zero-order valence-electron chi connectivity index (χ0n) is 11.0. The van der Waals surface area contributed by atoms with Gasteiger partial charge in [0.1, 0.15) is 0 Å². The highest BCUT2D eigenvalue weighted by Gasteiger charge is 2.06. The van der Waals surface area contributed by atoms with E-state index < -0.39 is 0 Å². The van der Waals surface area contributed by atoms with Gasteiger partial charge in [-0.25, -0.2) is 15.5 Å². The summed E-state index contributed by atoms with van der Waals surface area (Å²) in [4.78, 5) is 8.44. The molecule has 0 atom stereocenters. The Morgan fingerprint density at radius 2 is 1.90 bits per heavy atom. The van der Waals surface area contributed by atoms with Crippen molar-refractivity contribution in [2.24, 2.45) is 5.84 Å². The molecule has 0 amide bonds. The van der Waals surface area contributed by atoms with Crippen LogP contribution >= 0.6 is 0 Å². The lowest BCUT2D eigenvalue weighted by Crippen LogP contribution is -2.12. The Morgan fingerprint density at radius 3 is 2.65 bits per heavy atom. The van der Waals surface area contributed by atoms with Gasteiger partial charge in [0.25, 0.3) is 0 Å². The molecule has 0 radical (unpaired) electrons. The van der Waals surface area contributed by atoms with Crippen molar-refractivity contribution in [3.05, 3.63) is 54.5 Å². The number of hydrogen-bond acceptors (Lipinski definition) is 5. The minimum absolute atomic E-state index is 0.372. The SMILES string of the molecule is Cc1cc(-n2cc(-c3ccccc3)cn2)nc(NN)n1. The summed E-state index contributed by atoms with van der Waals surface area (Å²) in [6.45, 7) is 1.88. The first kappa shape index (κ1) is 12.3. The molecule has 0 saturated carbocycles. The van der Waals surface area contributed by atoms with Crippen LogP contribution in [0.1, 0.15) is 5.69 Å². The Balaban J connectivity index is 2.00. The molecule has 0 unspecified atom stereocenters. The minimum Gasteiger partial charge on any atom is -0.292 e. The number of aryl methyl sites for hydroxylation is 1. The maximum Gasteiger partial charge on any atom is 0.239 e. The van der Waals surface area contributed by atoms with Crippen LogP contribution in [-0.4, -0.2) is 19.7 Å². The van der Waals surface area contributed by atoms with E-state index in [0.29, 0.717) is 11.8 Å². The summed E-state index contributed by atoms with van der Waals surface area (Å²) in [5.74, 6) is 6.40. The second-order valence-corrected chi connectivity index (χ2v) is 4.38. The third-order valence-electron chi connectivity index (χ3n) is 2.89. The number of rotatable bonds is 3. The fourth-order valence-electron chi connectivity index (χ4n) is 1.96. The summed E-state index contributed by atoms with van der Waals surface area (Å²) in [6.07, 6.45) is 3.74. The highest BCUT2D eigenvalue weighted by molar-refractivity contribution is 5.61. The van der Waals surface area contributed by atoms with E-state index >= 15 is 0 Å². The second kappa shape index (κ2) is 5.10. The number of nitrogens with one attached hydrogen (secondary N) is 1. The van der Waals surface area contributed by atoms with E-state index in [0.717, 1.165) is 16.8 Å². The van der Waals surface area contributed by atoms with Crippen LogP contribution < -0.4 is 11.3 Å². The summed E-state index contributed by atoms with van der Waals surface area (Å²) in [5, 5.41) is 4.34. The van der Waals surface area contributed by atoms with E-state index in [9.17, 15) is 0 Å². The summed E-state index contributed by atoms with van der Waals surface area (Å²) in [5.41, 5.74) is 5.42. The Morgan fingerprint density at radius 1 is 1.10 bits per heavy atom. The van der Waals surface area contributed by atoms with Crippen molar-refractivity contribution >= 4 is 5.95 Å². The fraction of sp³-hybridized carbons (Fsp3) is 0.0714. The smallest absolute Gasteiger partial charge is 0.239 e. The number of anilines is 1. The lowest BCUT2D eigenvalue weighted by molar-refractivity contribution is 0.835. The quantitative estimate of drug-likeness (QED) is 0.559. The molecule has 100 valence electrons. The Hall–Kier alpha value is -2.73. The van der Waals surface area contributed by atoms with E-state index in [-0.39, 0.29) is 0 Å². The second-order valence-electron chi connectivity index (χ2n) is 4.38. The highest BCUT2D eigenvalue weighted by atomic mass is 15.3.